The number of nitrogens with one attached hydrogen (secondary N) is 1. The normalized spacial score (nSPS) is 11.9. The summed E-state index contributed by atoms with van der Waals surface area (Å²) < 4.78 is 4.69. The highest BCUT2D eigenvalue weighted by Gasteiger charge is 2.07. The molecule has 0 heterocycles. The highest BCUT2D eigenvalue weighted by atomic mass is 16.5. The average Bonchev–Trinajstić information content (AvgIpc) is 2.35. The van der Waals surface area contributed by atoms with Gasteiger partial charge in [-0.15, -0.1) is 0 Å². The first kappa shape index (κ1) is 13.5. The number of carbonyl (C=O) groups excluding carboxylic acids is 1. The number of alkyl carbamates (subject to hydrolysis) is 1. The maximum atomic E-state index is 11.0. The lowest BCUT2D eigenvalue weighted by Crippen LogP contribution is -2.32. The van der Waals surface area contributed by atoms with Gasteiger partial charge >= 0.3 is 6.09 Å². The minimum Gasteiger partial charge on any atom is -0.450 e. The zero-order valence-corrected chi connectivity index (χ0v) is 10.1. The van der Waals surface area contributed by atoms with Gasteiger partial charge in [-0.3, -0.25) is 0 Å². The predicted octanol–water partition coefficient (Wildman–Crippen LogP) is 1.73. The van der Waals surface area contributed by atoms with E-state index in [1.165, 1.54) is 5.56 Å². The molecule has 0 fully saturated rings. The molecular weight excluding hydrogens is 218 g/mol. The van der Waals surface area contributed by atoms with Crippen LogP contribution in [-0.4, -0.2) is 30.5 Å². The van der Waals surface area contributed by atoms with E-state index < -0.39 is 12.2 Å². The van der Waals surface area contributed by atoms with Crippen molar-refractivity contribution in [2.24, 2.45) is 0 Å². The van der Waals surface area contributed by atoms with E-state index in [9.17, 15) is 9.90 Å². The van der Waals surface area contributed by atoms with Crippen LogP contribution in [0.4, 0.5) is 4.79 Å². The topological polar surface area (TPSA) is 58.6 Å². The third-order valence-corrected chi connectivity index (χ3v) is 2.37. The van der Waals surface area contributed by atoms with Gasteiger partial charge in [0.2, 0.25) is 0 Å². The summed E-state index contributed by atoms with van der Waals surface area (Å²) in [6.45, 7) is 2.31. The molecule has 17 heavy (non-hydrogen) atoms. The molecule has 1 aromatic rings. The van der Waals surface area contributed by atoms with Crippen molar-refractivity contribution in [3.63, 3.8) is 0 Å². The molecule has 0 aliphatic rings. The first-order valence-electron chi connectivity index (χ1n) is 5.85. The number of amides is 1. The van der Waals surface area contributed by atoms with Crippen LogP contribution in [0.15, 0.2) is 30.3 Å². The molecule has 1 unspecified atom stereocenters. The summed E-state index contributed by atoms with van der Waals surface area (Å²) in [5.41, 5.74) is 1.18. The van der Waals surface area contributed by atoms with Gasteiger partial charge in [0.15, 0.2) is 0 Å². The van der Waals surface area contributed by atoms with Gasteiger partial charge in [0.1, 0.15) is 0 Å². The van der Waals surface area contributed by atoms with Crippen LogP contribution < -0.4 is 5.32 Å². The number of benzene rings is 1. The largest absolute Gasteiger partial charge is 0.450 e. The molecular formula is C13H19NO3. The maximum absolute atomic E-state index is 11.0. The standard InChI is InChI=1S/C13H19NO3/c1-2-17-13(16)14-10-12(15)9-8-11-6-4-3-5-7-11/h3-7,12,15H,2,8-10H2,1H3,(H,14,16). The summed E-state index contributed by atoms with van der Waals surface area (Å²) in [6.07, 6.45) is 0.397. The molecule has 1 aromatic carbocycles. The van der Waals surface area contributed by atoms with Crippen molar-refractivity contribution >= 4 is 6.09 Å². The van der Waals surface area contributed by atoms with E-state index in [2.05, 4.69) is 5.32 Å². The summed E-state index contributed by atoms with van der Waals surface area (Å²) >= 11 is 0. The number of aryl methyl sites for hydroxylation is 1. The number of aliphatic hydroxyl groups is 1. The fraction of sp³-hybridized carbons (Fsp3) is 0.462. The van der Waals surface area contributed by atoms with Gasteiger partial charge in [0, 0.05) is 6.54 Å². The van der Waals surface area contributed by atoms with E-state index in [-0.39, 0.29) is 6.54 Å². The average molecular weight is 237 g/mol. The molecule has 0 saturated carbocycles. The van der Waals surface area contributed by atoms with Gasteiger partial charge < -0.3 is 15.2 Å². The molecule has 0 aromatic heterocycles. The second-order valence-corrected chi connectivity index (χ2v) is 3.78. The van der Waals surface area contributed by atoms with Crippen LogP contribution in [0.3, 0.4) is 0 Å². The van der Waals surface area contributed by atoms with Crippen molar-refractivity contribution < 1.29 is 14.6 Å². The Balaban J connectivity index is 2.17. The zero-order valence-electron chi connectivity index (χ0n) is 10.1. The molecule has 1 rings (SSSR count). The Kier molecular flexibility index (Phi) is 6.10. The lowest BCUT2D eigenvalue weighted by atomic mass is 10.1. The molecule has 0 bridgehead atoms. The molecule has 2 N–H and O–H groups in total. The Morgan fingerprint density at radius 1 is 1.41 bits per heavy atom. The lowest BCUT2D eigenvalue weighted by Gasteiger charge is -2.11. The fourth-order valence-corrected chi connectivity index (χ4v) is 1.46. The van der Waals surface area contributed by atoms with E-state index in [0.717, 1.165) is 6.42 Å². The molecule has 1 atom stereocenters. The summed E-state index contributed by atoms with van der Waals surface area (Å²) in [4.78, 5) is 11.0. The zero-order chi connectivity index (χ0) is 12.5. The molecule has 0 aliphatic heterocycles. The summed E-state index contributed by atoms with van der Waals surface area (Å²) in [7, 11) is 0. The third-order valence-electron chi connectivity index (χ3n) is 2.37. The van der Waals surface area contributed by atoms with Crippen LogP contribution in [0.2, 0.25) is 0 Å². The highest BCUT2D eigenvalue weighted by molar-refractivity contribution is 5.67. The summed E-state index contributed by atoms with van der Waals surface area (Å²) in [5.74, 6) is 0. The number of hydrogen-bond donors (Lipinski definition) is 2. The Morgan fingerprint density at radius 3 is 2.76 bits per heavy atom. The van der Waals surface area contributed by atoms with Crippen molar-refractivity contribution in [3.05, 3.63) is 35.9 Å². The molecule has 0 spiro atoms. The van der Waals surface area contributed by atoms with Gasteiger partial charge in [-0.1, -0.05) is 30.3 Å². The number of hydrogen-bond acceptors (Lipinski definition) is 3. The van der Waals surface area contributed by atoms with Crippen molar-refractivity contribution in [1.29, 1.82) is 0 Å². The van der Waals surface area contributed by atoms with Crippen LogP contribution in [0.1, 0.15) is 18.9 Å². The van der Waals surface area contributed by atoms with Crippen molar-refractivity contribution in [2.75, 3.05) is 13.2 Å². The van der Waals surface area contributed by atoms with Crippen LogP contribution in [0.5, 0.6) is 0 Å². The molecule has 4 heteroatoms. The van der Waals surface area contributed by atoms with Gasteiger partial charge in [-0.05, 0) is 25.3 Å². The molecule has 0 aliphatic carbocycles. The fourth-order valence-electron chi connectivity index (χ4n) is 1.46. The molecule has 4 nitrogen and oxygen atoms in total. The van der Waals surface area contributed by atoms with Crippen LogP contribution in [-0.2, 0) is 11.2 Å². The van der Waals surface area contributed by atoms with Gasteiger partial charge in [-0.2, -0.15) is 0 Å². The highest BCUT2D eigenvalue weighted by Crippen LogP contribution is 2.04. The summed E-state index contributed by atoms with van der Waals surface area (Å²) in [6, 6.07) is 9.94. The van der Waals surface area contributed by atoms with E-state index in [1.807, 2.05) is 30.3 Å². The van der Waals surface area contributed by atoms with Gasteiger partial charge in [-0.25, -0.2) is 4.79 Å². The number of carbonyl (C=O) groups is 1. The van der Waals surface area contributed by atoms with Crippen molar-refractivity contribution in [3.8, 4) is 0 Å². The van der Waals surface area contributed by atoms with E-state index >= 15 is 0 Å². The third kappa shape index (κ3) is 5.92. The Hall–Kier alpha value is -1.55. The maximum Gasteiger partial charge on any atom is 0.407 e. The first-order chi connectivity index (χ1) is 8.22. The molecule has 1 amide bonds. The Morgan fingerprint density at radius 2 is 2.12 bits per heavy atom. The lowest BCUT2D eigenvalue weighted by molar-refractivity contribution is 0.131. The quantitative estimate of drug-likeness (QED) is 0.792. The Bertz CT molecular complexity index is 327. The number of ether oxygens (including phenoxy) is 1. The van der Waals surface area contributed by atoms with Crippen molar-refractivity contribution in [1.82, 2.24) is 5.32 Å². The Labute approximate surface area is 102 Å². The molecule has 0 saturated heterocycles. The van der Waals surface area contributed by atoms with Gasteiger partial charge in [0.25, 0.3) is 0 Å². The van der Waals surface area contributed by atoms with E-state index in [0.29, 0.717) is 13.0 Å². The molecule has 94 valence electrons. The smallest absolute Gasteiger partial charge is 0.407 e. The second kappa shape index (κ2) is 7.68. The first-order valence-corrected chi connectivity index (χ1v) is 5.85. The van der Waals surface area contributed by atoms with Crippen LogP contribution >= 0.6 is 0 Å². The van der Waals surface area contributed by atoms with Crippen LogP contribution in [0.25, 0.3) is 0 Å². The predicted molar refractivity (Wildman–Crippen MR) is 65.8 cm³/mol. The van der Waals surface area contributed by atoms with E-state index in [4.69, 9.17) is 4.74 Å². The SMILES string of the molecule is CCOC(=O)NCC(O)CCc1ccccc1. The minimum atomic E-state index is -0.542. The second-order valence-electron chi connectivity index (χ2n) is 3.78. The van der Waals surface area contributed by atoms with Crippen LogP contribution in [0, 0.1) is 0 Å². The van der Waals surface area contributed by atoms with Crippen molar-refractivity contribution in [2.45, 2.75) is 25.9 Å². The number of rotatable bonds is 6. The monoisotopic (exact) mass is 237 g/mol. The van der Waals surface area contributed by atoms with Gasteiger partial charge in [0.05, 0.1) is 12.7 Å². The van der Waals surface area contributed by atoms with E-state index in [1.54, 1.807) is 6.92 Å². The minimum absolute atomic E-state index is 0.228. The summed E-state index contributed by atoms with van der Waals surface area (Å²) in [5, 5.41) is 12.2. The molecule has 0 radical (unpaired) electrons. The number of aliphatic hydroxyl groups excluding tert-OH is 1.